The fourth-order valence-electron chi connectivity index (χ4n) is 1.26. The molecule has 16 heavy (non-hydrogen) atoms. The molecule has 0 radical (unpaired) electrons. The SMILES string of the molecule is CC=CC(=O)OCCC1C(F)(F)OC1(F)F. The minimum atomic E-state index is -3.85. The zero-order chi connectivity index (χ0) is 12.4. The maximum atomic E-state index is 12.5. The quantitative estimate of drug-likeness (QED) is 0.431. The Morgan fingerprint density at radius 2 is 1.94 bits per heavy atom. The second-order valence-electron chi connectivity index (χ2n) is 3.23. The molecule has 0 unspecified atom stereocenters. The Morgan fingerprint density at radius 1 is 1.38 bits per heavy atom. The molecule has 1 aliphatic heterocycles. The van der Waals surface area contributed by atoms with E-state index in [1.165, 1.54) is 6.08 Å². The number of esters is 1. The Bertz CT molecular complexity index is 287. The molecule has 1 aliphatic rings. The highest BCUT2D eigenvalue weighted by Crippen LogP contribution is 2.53. The van der Waals surface area contributed by atoms with E-state index < -0.39 is 37.1 Å². The van der Waals surface area contributed by atoms with Gasteiger partial charge in [-0.1, -0.05) is 6.08 Å². The third-order valence-corrected chi connectivity index (χ3v) is 2.04. The Labute approximate surface area is 89.0 Å². The number of rotatable bonds is 4. The molecule has 0 aromatic carbocycles. The molecule has 0 amide bonds. The van der Waals surface area contributed by atoms with E-state index in [1.54, 1.807) is 6.92 Å². The number of carbonyl (C=O) groups excluding carboxylic acids is 1. The molecular formula is C9H10F4O3. The third-order valence-electron chi connectivity index (χ3n) is 2.04. The highest BCUT2D eigenvalue weighted by atomic mass is 19.3. The van der Waals surface area contributed by atoms with Crippen molar-refractivity contribution < 1.29 is 31.8 Å². The molecular weight excluding hydrogens is 232 g/mol. The lowest BCUT2D eigenvalue weighted by Gasteiger charge is -2.42. The van der Waals surface area contributed by atoms with Gasteiger partial charge in [0.2, 0.25) is 0 Å². The van der Waals surface area contributed by atoms with Crippen molar-refractivity contribution >= 4 is 5.97 Å². The first kappa shape index (κ1) is 13.0. The summed E-state index contributed by atoms with van der Waals surface area (Å²) in [7, 11) is 0. The topological polar surface area (TPSA) is 35.5 Å². The van der Waals surface area contributed by atoms with Crippen LogP contribution < -0.4 is 0 Å². The summed E-state index contributed by atoms with van der Waals surface area (Å²) in [6, 6.07) is 0. The number of allylic oxidation sites excluding steroid dienone is 1. The monoisotopic (exact) mass is 242 g/mol. The van der Waals surface area contributed by atoms with Crippen LogP contribution in [0.2, 0.25) is 0 Å². The van der Waals surface area contributed by atoms with Crippen molar-refractivity contribution in [3.05, 3.63) is 12.2 Å². The van der Waals surface area contributed by atoms with Crippen LogP contribution in [-0.2, 0) is 14.3 Å². The predicted molar refractivity (Wildman–Crippen MR) is 44.9 cm³/mol. The fraction of sp³-hybridized carbons (Fsp3) is 0.667. The van der Waals surface area contributed by atoms with Crippen molar-refractivity contribution in [1.82, 2.24) is 0 Å². The lowest BCUT2D eigenvalue weighted by Crippen LogP contribution is -2.59. The molecule has 92 valence electrons. The van der Waals surface area contributed by atoms with Gasteiger partial charge in [-0.25, -0.2) is 4.79 Å². The summed E-state index contributed by atoms with van der Waals surface area (Å²) < 4.78 is 57.6. The molecule has 0 N–H and O–H groups in total. The minimum absolute atomic E-state index is 0.498. The van der Waals surface area contributed by atoms with Gasteiger partial charge >= 0.3 is 18.2 Å². The first-order valence-corrected chi connectivity index (χ1v) is 4.55. The van der Waals surface area contributed by atoms with Crippen molar-refractivity contribution in [1.29, 1.82) is 0 Å². The van der Waals surface area contributed by atoms with Crippen LogP contribution in [0.4, 0.5) is 17.6 Å². The van der Waals surface area contributed by atoms with Gasteiger partial charge in [-0.15, -0.1) is 0 Å². The molecule has 0 bridgehead atoms. The molecule has 0 saturated carbocycles. The van der Waals surface area contributed by atoms with Gasteiger partial charge in [0.05, 0.1) is 6.61 Å². The zero-order valence-electron chi connectivity index (χ0n) is 8.38. The van der Waals surface area contributed by atoms with E-state index in [1.807, 2.05) is 0 Å². The van der Waals surface area contributed by atoms with E-state index in [4.69, 9.17) is 0 Å². The molecule has 0 aliphatic carbocycles. The van der Waals surface area contributed by atoms with Gasteiger partial charge in [0.1, 0.15) is 5.92 Å². The van der Waals surface area contributed by atoms with Crippen LogP contribution in [0.5, 0.6) is 0 Å². The van der Waals surface area contributed by atoms with Gasteiger partial charge in [0, 0.05) is 12.5 Å². The Kier molecular flexibility index (Phi) is 3.57. The summed E-state index contributed by atoms with van der Waals surface area (Å²) >= 11 is 0. The van der Waals surface area contributed by atoms with Gasteiger partial charge in [0.25, 0.3) is 0 Å². The van der Waals surface area contributed by atoms with Crippen LogP contribution in [0.25, 0.3) is 0 Å². The van der Waals surface area contributed by atoms with Gasteiger partial charge in [-0.2, -0.15) is 17.6 Å². The lowest BCUT2D eigenvalue weighted by molar-refractivity contribution is -0.518. The highest BCUT2D eigenvalue weighted by molar-refractivity contribution is 5.81. The van der Waals surface area contributed by atoms with Crippen molar-refractivity contribution in [2.24, 2.45) is 5.92 Å². The molecule has 3 nitrogen and oxygen atoms in total. The number of carbonyl (C=O) groups is 1. The smallest absolute Gasteiger partial charge is 0.371 e. The second-order valence-corrected chi connectivity index (χ2v) is 3.23. The van der Waals surface area contributed by atoms with E-state index >= 15 is 0 Å². The van der Waals surface area contributed by atoms with Gasteiger partial charge < -0.3 is 4.74 Å². The largest absolute Gasteiger partial charge is 0.463 e. The molecule has 0 aromatic rings. The lowest BCUT2D eigenvalue weighted by atomic mass is 9.98. The van der Waals surface area contributed by atoms with E-state index in [9.17, 15) is 22.4 Å². The maximum absolute atomic E-state index is 12.5. The molecule has 1 heterocycles. The first-order valence-electron chi connectivity index (χ1n) is 4.55. The second kappa shape index (κ2) is 4.40. The van der Waals surface area contributed by atoms with Crippen LogP contribution in [0, 0.1) is 5.92 Å². The number of hydrogen-bond acceptors (Lipinski definition) is 3. The van der Waals surface area contributed by atoms with Gasteiger partial charge in [-0.3, -0.25) is 4.74 Å². The zero-order valence-corrected chi connectivity index (χ0v) is 8.38. The third kappa shape index (κ3) is 2.72. The van der Waals surface area contributed by atoms with E-state index in [-0.39, 0.29) is 0 Å². The molecule has 0 atom stereocenters. The summed E-state index contributed by atoms with van der Waals surface area (Å²) in [6.07, 6.45) is -5.90. The normalized spacial score (nSPS) is 23.1. The number of hydrogen-bond donors (Lipinski definition) is 0. The molecule has 0 spiro atoms. The van der Waals surface area contributed by atoms with Gasteiger partial charge in [-0.05, 0) is 6.92 Å². The summed E-state index contributed by atoms with van der Waals surface area (Å²) in [4.78, 5) is 10.7. The van der Waals surface area contributed by atoms with Crippen molar-refractivity contribution in [2.45, 2.75) is 25.6 Å². The highest BCUT2D eigenvalue weighted by Gasteiger charge is 2.70. The van der Waals surface area contributed by atoms with Crippen LogP contribution in [0.15, 0.2) is 12.2 Å². The maximum Gasteiger partial charge on any atom is 0.371 e. The minimum Gasteiger partial charge on any atom is -0.463 e. The Balaban J connectivity index is 2.35. The fourth-order valence-corrected chi connectivity index (χ4v) is 1.26. The summed E-state index contributed by atoms with van der Waals surface area (Å²) in [5.74, 6) is -2.99. The average Bonchev–Trinajstić information content (AvgIpc) is 2.10. The van der Waals surface area contributed by atoms with E-state index in [2.05, 4.69) is 9.47 Å². The standard InChI is InChI=1S/C9H10F4O3/c1-2-3-7(14)15-5-4-6-8(10,11)16-9(6,12)13/h2-3,6H,4-5H2,1H3. The molecule has 1 fully saturated rings. The van der Waals surface area contributed by atoms with Crippen LogP contribution >= 0.6 is 0 Å². The Morgan fingerprint density at radius 3 is 2.38 bits per heavy atom. The van der Waals surface area contributed by atoms with Crippen molar-refractivity contribution in [3.63, 3.8) is 0 Å². The summed E-state index contributed by atoms with van der Waals surface area (Å²) in [5, 5.41) is 0. The molecule has 1 saturated heterocycles. The van der Waals surface area contributed by atoms with Crippen molar-refractivity contribution in [2.75, 3.05) is 6.61 Å². The van der Waals surface area contributed by atoms with Gasteiger partial charge in [0.15, 0.2) is 0 Å². The predicted octanol–water partition coefficient (Wildman–Crippen LogP) is 2.33. The Hall–Kier alpha value is -1.11. The average molecular weight is 242 g/mol. The van der Waals surface area contributed by atoms with Crippen LogP contribution in [-0.4, -0.2) is 24.8 Å². The number of ether oxygens (including phenoxy) is 2. The van der Waals surface area contributed by atoms with E-state index in [0.29, 0.717) is 0 Å². The summed E-state index contributed by atoms with van der Waals surface area (Å²) in [6.45, 7) is 1.06. The van der Waals surface area contributed by atoms with Crippen LogP contribution in [0.1, 0.15) is 13.3 Å². The summed E-state index contributed by atoms with van der Waals surface area (Å²) in [5.41, 5.74) is 0. The molecule has 7 heteroatoms. The van der Waals surface area contributed by atoms with E-state index in [0.717, 1.165) is 6.08 Å². The number of alkyl halides is 4. The van der Waals surface area contributed by atoms with Crippen molar-refractivity contribution in [3.8, 4) is 0 Å². The first-order chi connectivity index (χ1) is 7.29. The molecule has 0 aromatic heterocycles. The van der Waals surface area contributed by atoms with Crippen LogP contribution in [0.3, 0.4) is 0 Å². The number of halogens is 4. The molecule has 1 rings (SSSR count).